The van der Waals surface area contributed by atoms with Gasteiger partial charge in [-0.15, -0.1) is 0 Å². The molecule has 1 aliphatic rings. The molecule has 0 aromatic heterocycles. The largest absolute Gasteiger partial charge is 0.445 e. The van der Waals surface area contributed by atoms with E-state index in [4.69, 9.17) is 4.74 Å². The molecular weight excluding hydrogens is 226 g/mol. The second-order valence-electron chi connectivity index (χ2n) is 4.93. The third kappa shape index (κ3) is 4.40. The maximum Gasteiger partial charge on any atom is 0.407 e. The SMILES string of the molecule is O=C(NCCC1CCCC1)OCc1ccccc1. The van der Waals surface area contributed by atoms with Crippen LogP contribution in [0.3, 0.4) is 0 Å². The third-order valence-corrected chi connectivity index (χ3v) is 3.51. The molecule has 0 spiro atoms. The molecule has 18 heavy (non-hydrogen) atoms. The molecule has 3 heteroatoms. The summed E-state index contributed by atoms with van der Waals surface area (Å²) in [5.41, 5.74) is 1.02. The highest BCUT2D eigenvalue weighted by molar-refractivity contribution is 5.67. The van der Waals surface area contributed by atoms with Crippen LogP contribution >= 0.6 is 0 Å². The summed E-state index contributed by atoms with van der Waals surface area (Å²) < 4.78 is 5.14. The summed E-state index contributed by atoms with van der Waals surface area (Å²) >= 11 is 0. The van der Waals surface area contributed by atoms with Gasteiger partial charge in [0.25, 0.3) is 0 Å². The van der Waals surface area contributed by atoms with Gasteiger partial charge < -0.3 is 10.1 Å². The van der Waals surface area contributed by atoms with Gasteiger partial charge in [0.2, 0.25) is 0 Å². The average molecular weight is 247 g/mol. The number of rotatable bonds is 5. The van der Waals surface area contributed by atoms with Crippen molar-refractivity contribution < 1.29 is 9.53 Å². The lowest BCUT2D eigenvalue weighted by molar-refractivity contribution is 0.139. The fourth-order valence-corrected chi connectivity index (χ4v) is 2.45. The zero-order chi connectivity index (χ0) is 12.6. The van der Waals surface area contributed by atoms with E-state index in [0.717, 1.165) is 24.4 Å². The van der Waals surface area contributed by atoms with E-state index in [1.54, 1.807) is 0 Å². The van der Waals surface area contributed by atoms with Gasteiger partial charge in [-0.1, -0.05) is 56.0 Å². The molecule has 3 nitrogen and oxygen atoms in total. The van der Waals surface area contributed by atoms with E-state index >= 15 is 0 Å². The van der Waals surface area contributed by atoms with Gasteiger partial charge in [-0.05, 0) is 17.9 Å². The Hall–Kier alpha value is -1.51. The van der Waals surface area contributed by atoms with Crippen molar-refractivity contribution in [2.75, 3.05) is 6.54 Å². The molecule has 1 fully saturated rings. The summed E-state index contributed by atoms with van der Waals surface area (Å²) in [5.74, 6) is 0.805. The number of hydrogen-bond donors (Lipinski definition) is 1. The van der Waals surface area contributed by atoms with Crippen LogP contribution in [-0.4, -0.2) is 12.6 Å². The Labute approximate surface area is 109 Å². The average Bonchev–Trinajstić information content (AvgIpc) is 2.91. The molecule has 1 aliphatic carbocycles. The molecule has 0 atom stereocenters. The number of carbonyl (C=O) groups is 1. The fourth-order valence-electron chi connectivity index (χ4n) is 2.45. The molecule has 0 aliphatic heterocycles. The highest BCUT2D eigenvalue weighted by atomic mass is 16.5. The third-order valence-electron chi connectivity index (χ3n) is 3.51. The highest BCUT2D eigenvalue weighted by Crippen LogP contribution is 2.26. The number of alkyl carbamates (subject to hydrolysis) is 1. The lowest BCUT2D eigenvalue weighted by Crippen LogP contribution is -2.26. The standard InChI is InChI=1S/C15H21NO2/c17-15(16-11-10-13-6-4-5-7-13)18-12-14-8-2-1-3-9-14/h1-3,8-9,13H,4-7,10-12H2,(H,16,17). The van der Waals surface area contributed by atoms with E-state index in [0.29, 0.717) is 6.61 Å². The first-order valence-electron chi connectivity index (χ1n) is 6.79. The summed E-state index contributed by atoms with van der Waals surface area (Å²) in [7, 11) is 0. The Bertz CT molecular complexity index is 358. The smallest absolute Gasteiger partial charge is 0.407 e. The molecule has 1 aromatic carbocycles. The van der Waals surface area contributed by atoms with Crippen LogP contribution in [0.4, 0.5) is 4.79 Å². The van der Waals surface area contributed by atoms with Crippen molar-refractivity contribution >= 4 is 6.09 Å². The quantitative estimate of drug-likeness (QED) is 0.865. The number of ether oxygens (including phenoxy) is 1. The molecule has 1 saturated carbocycles. The summed E-state index contributed by atoms with van der Waals surface area (Å²) in [6, 6.07) is 9.73. The molecule has 0 radical (unpaired) electrons. The van der Waals surface area contributed by atoms with Crippen LogP contribution in [-0.2, 0) is 11.3 Å². The van der Waals surface area contributed by atoms with Crippen LogP contribution in [0.15, 0.2) is 30.3 Å². The van der Waals surface area contributed by atoms with Gasteiger partial charge in [0.05, 0.1) is 0 Å². The van der Waals surface area contributed by atoms with Crippen molar-refractivity contribution in [3.05, 3.63) is 35.9 Å². The lowest BCUT2D eigenvalue weighted by Gasteiger charge is -2.10. The van der Waals surface area contributed by atoms with E-state index in [9.17, 15) is 4.79 Å². The van der Waals surface area contributed by atoms with Crippen molar-refractivity contribution in [3.63, 3.8) is 0 Å². The van der Waals surface area contributed by atoms with Gasteiger partial charge in [-0.25, -0.2) is 4.79 Å². The topological polar surface area (TPSA) is 38.3 Å². The summed E-state index contributed by atoms with van der Waals surface area (Å²) in [6.45, 7) is 1.08. The van der Waals surface area contributed by atoms with E-state index in [-0.39, 0.29) is 6.09 Å². The van der Waals surface area contributed by atoms with Crippen molar-refractivity contribution in [1.82, 2.24) is 5.32 Å². The first-order valence-corrected chi connectivity index (χ1v) is 6.79. The summed E-state index contributed by atoms with van der Waals surface area (Å²) in [4.78, 5) is 11.5. The Balaban J connectivity index is 1.57. The second kappa shape index (κ2) is 7.04. The Morgan fingerprint density at radius 3 is 2.67 bits per heavy atom. The van der Waals surface area contributed by atoms with E-state index in [2.05, 4.69) is 5.32 Å². The molecule has 2 rings (SSSR count). The van der Waals surface area contributed by atoms with E-state index in [1.807, 2.05) is 30.3 Å². The van der Waals surface area contributed by atoms with Gasteiger partial charge >= 0.3 is 6.09 Å². The Morgan fingerprint density at radius 2 is 1.94 bits per heavy atom. The van der Waals surface area contributed by atoms with Crippen LogP contribution in [0.2, 0.25) is 0 Å². The normalized spacial score (nSPS) is 15.6. The number of benzene rings is 1. The van der Waals surface area contributed by atoms with Gasteiger partial charge in [0.15, 0.2) is 0 Å². The second-order valence-corrected chi connectivity index (χ2v) is 4.93. The minimum atomic E-state index is -0.308. The van der Waals surface area contributed by atoms with Gasteiger partial charge in [-0.2, -0.15) is 0 Å². The van der Waals surface area contributed by atoms with Crippen LogP contribution < -0.4 is 5.32 Å². The molecule has 0 heterocycles. The fraction of sp³-hybridized carbons (Fsp3) is 0.533. The van der Waals surface area contributed by atoms with Crippen LogP contribution in [0.1, 0.15) is 37.7 Å². The molecule has 1 amide bonds. The Morgan fingerprint density at radius 1 is 1.22 bits per heavy atom. The first kappa shape index (κ1) is 12.9. The van der Waals surface area contributed by atoms with Crippen LogP contribution in [0.25, 0.3) is 0 Å². The predicted octanol–water partition coefficient (Wildman–Crippen LogP) is 3.49. The van der Waals surface area contributed by atoms with Gasteiger partial charge in [0, 0.05) is 6.54 Å². The maximum atomic E-state index is 11.5. The van der Waals surface area contributed by atoms with Crippen molar-refractivity contribution in [2.45, 2.75) is 38.7 Å². The minimum Gasteiger partial charge on any atom is -0.445 e. The number of carbonyl (C=O) groups excluding carboxylic acids is 1. The molecule has 1 aromatic rings. The molecule has 0 bridgehead atoms. The zero-order valence-electron chi connectivity index (χ0n) is 10.7. The summed E-state index contributed by atoms with van der Waals surface area (Å²) in [5, 5.41) is 2.82. The first-order chi connectivity index (χ1) is 8.84. The highest BCUT2D eigenvalue weighted by Gasteiger charge is 2.14. The number of hydrogen-bond acceptors (Lipinski definition) is 2. The van der Waals surface area contributed by atoms with Crippen molar-refractivity contribution in [3.8, 4) is 0 Å². The van der Waals surface area contributed by atoms with Gasteiger partial charge in [-0.3, -0.25) is 0 Å². The maximum absolute atomic E-state index is 11.5. The number of amides is 1. The molecule has 0 unspecified atom stereocenters. The lowest BCUT2D eigenvalue weighted by atomic mass is 10.0. The van der Waals surface area contributed by atoms with E-state index in [1.165, 1.54) is 25.7 Å². The van der Waals surface area contributed by atoms with Crippen molar-refractivity contribution in [2.24, 2.45) is 5.92 Å². The van der Waals surface area contributed by atoms with Crippen LogP contribution in [0.5, 0.6) is 0 Å². The van der Waals surface area contributed by atoms with Crippen molar-refractivity contribution in [1.29, 1.82) is 0 Å². The monoisotopic (exact) mass is 247 g/mol. The molecule has 0 saturated heterocycles. The Kier molecular flexibility index (Phi) is 5.06. The zero-order valence-corrected chi connectivity index (χ0v) is 10.7. The predicted molar refractivity (Wildman–Crippen MR) is 71.2 cm³/mol. The van der Waals surface area contributed by atoms with E-state index < -0.39 is 0 Å². The minimum absolute atomic E-state index is 0.308. The number of nitrogens with one attached hydrogen (secondary N) is 1. The summed E-state index contributed by atoms with van der Waals surface area (Å²) in [6.07, 6.45) is 6.12. The molecule has 1 N–H and O–H groups in total. The van der Waals surface area contributed by atoms with Crippen LogP contribution in [0, 0.1) is 5.92 Å². The molecule has 98 valence electrons. The van der Waals surface area contributed by atoms with Gasteiger partial charge in [0.1, 0.15) is 6.61 Å². The molecular formula is C15H21NO2.